The Kier molecular flexibility index (Phi) is 5.00. The Morgan fingerprint density at radius 3 is 2.80 bits per heavy atom. The molecule has 0 saturated heterocycles. The fraction of sp³-hybridized carbons (Fsp3) is 0.444. The second kappa shape index (κ2) is 6.31. The molecule has 0 atom stereocenters. The summed E-state index contributed by atoms with van der Waals surface area (Å²) in [5.74, 6) is 0.331. The van der Waals surface area contributed by atoms with E-state index in [-0.39, 0.29) is 5.91 Å². The maximum absolute atomic E-state index is 11.3. The van der Waals surface area contributed by atoms with Gasteiger partial charge in [0.1, 0.15) is 0 Å². The van der Waals surface area contributed by atoms with Crippen molar-refractivity contribution in [1.82, 2.24) is 10.2 Å². The molecule has 1 amide bonds. The van der Waals surface area contributed by atoms with Crippen LogP contribution >= 0.6 is 11.6 Å². The SMILES string of the molecule is NCCCCC(=O)Nc1ccc(Cl)nn1. The number of rotatable bonds is 5. The Morgan fingerprint density at radius 1 is 1.40 bits per heavy atom. The third-order valence-electron chi connectivity index (χ3n) is 1.76. The van der Waals surface area contributed by atoms with E-state index in [1.54, 1.807) is 12.1 Å². The molecule has 0 spiro atoms. The topological polar surface area (TPSA) is 80.9 Å². The summed E-state index contributed by atoms with van der Waals surface area (Å²) in [7, 11) is 0. The minimum atomic E-state index is -0.0833. The van der Waals surface area contributed by atoms with Gasteiger partial charge in [-0.2, -0.15) is 0 Å². The number of hydrogen-bond donors (Lipinski definition) is 2. The van der Waals surface area contributed by atoms with Gasteiger partial charge in [-0.15, -0.1) is 10.2 Å². The van der Waals surface area contributed by atoms with Crippen molar-refractivity contribution in [1.29, 1.82) is 0 Å². The smallest absolute Gasteiger partial charge is 0.225 e. The Balaban J connectivity index is 2.34. The summed E-state index contributed by atoms with van der Waals surface area (Å²) in [5.41, 5.74) is 5.32. The molecule has 0 aromatic carbocycles. The summed E-state index contributed by atoms with van der Waals surface area (Å²) in [5, 5.41) is 10.2. The van der Waals surface area contributed by atoms with Crippen molar-refractivity contribution >= 4 is 23.3 Å². The number of nitrogens with two attached hydrogens (primary N) is 1. The molecule has 0 bridgehead atoms. The highest BCUT2D eigenvalue weighted by Crippen LogP contribution is 2.06. The molecule has 0 aliphatic heterocycles. The molecule has 5 nitrogen and oxygen atoms in total. The minimum Gasteiger partial charge on any atom is -0.330 e. The van der Waals surface area contributed by atoms with Crippen molar-refractivity contribution in [3.05, 3.63) is 17.3 Å². The number of nitrogens with one attached hydrogen (secondary N) is 1. The van der Waals surface area contributed by atoms with Crippen LogP contribution in [0.2, 0.25) is 5.15 Å². The summed E-state index contributed by atoms with van der Waals surface area (Å²) in [4.78, 5) is 11.3. The largest absolute Gasteiger partial charge is 0.330 e. The number of anilines is 1. The first-order chi connectivity index (χ1) is 7.22. The fourth-order valence-corrected chi connectivity index (χ4v) is 1.12. The van der Waals surface area contributed by atoms with Crippen LogP contribution in [0.3, 0.4) is 0 Å². The monoisotopic (exact) mass is 228 g/mol. The van der Waals surface area contributed by atoms with Gasteiger partial charge < -0.3 is 11.1 Å². The number of carbonyl (C=O) groups is 1. The van der Waals surface area contributed by atoms with E-state index in [1.807, 2.05) is 0 Å². The van der Waals surface area contributed by atoms with E-state index in [9.17, 15) is 4.79 Å². The highest BCUT2D eigenvalue weighted by molar-refractivity contribution is 6.29. The van der Waals surface area contributed by atoms with Crippen LogP contribution < -0.4 is 11.1 Å². The van der Waals surface area contributed by atoms with Crippen LogP contribution in [0.5, 0.6) is 0 Å². The predicted molar refractivity (Wildman–Crippen MR) is 58.6 cm³/mol. The van der Waals surface area contributed by atoms with Crippen LogP contribution in [0, 0.1) is 0 Å². The molecule has 1 heterocycles. The van der Waals surface area contributed by atoms with Gasteiger partial charge in [0.15, 0.2) is 11.0 Å². The molecule has 0 saturated carbocycles. The minimum absolute atomic E-state index is 0.0833. The molecular weight excluding hydrogens is 216 g/mol. The van der Waals surface area contributed by atoms with Crippen LogP contribution in [0.15, 0.2) is 12.1 Å². The second-order valence-electron chi connectivity index (χ2n) is 3.04. The molecule has 1 aromatic heterocycles. The standard InChI is InChI=1S/C9H13ClN4O/c10-7-4-5-8(14-13-7)12-9(15)3-1-2-6-11/h4-5H,1-3,6,11H2,(H,12,14,15). The zero-order valence-corrected chi connectivity index (χ0v) is 9.00. The van der Waals surface area contributed by atoms with Gasteiger partial charge in [-0.3, -0.25) is 4.79 Å². The van der Waals surface area contributed by atoms with E-state index in [0.717, 1.165) is 12.8 Å². The summed E-state index contributed by atoms with van der Waals surface area (Å²) in [6.45, 7) is 0.605. The molecule has 6 heteroatoms. The number of hydrogen-bond acceptors (Lipinski definition) is 4. The van der Waals surface area contributed by atoms with Gasteiger partial charge in [-0.1, -0.05) is 11.6 Å². The predicted octanol–water partition coefficient (Wildman–Crippen LogP) is 1.20. The number of amides is 1. The number of unbranched alkanes of at least 4 members (excludes halogenated alkanes) is 1. The maximum Gasteiger partial charge on any atom is 0.225 e. The molecule has 0 unspecified atom stereocenters. The van der Waals surface area contributed by atoms with Crippen LogP contribution in [0.25, 0.3) is 0 Å². The number of nitrogens with zero attached hydrogens (tertiary/aromatic N) is 2. The zero-order valence-electron chi connectivity index (χ0n) is 8.24. The zero-order chi connectivity index (χ0) is 11.1. The van der Waals surface area contributed by atoms with E-state index in [4.69, 9.17) is 17.3 Å². The third kappa shape index (κ3) is 4.71. The molecule has 0 aliphatic carbocycles. The van der Waals surface area contributed by atoms with Gasteiger partial charge >= 0.3 is 0 Å². The van der Waals surface area contributed by atoms with E-state index in [0.29, 0.717) is 23.9 Å². The third-order valence-corrected chi connectivity index (χ3v) is 1.96. The van der Waals surface area contributed by atoms with Crippen LogP contribution in [-0.2, 0) is 4.79 Å². The van der Waals surface area contributed by atoms with Crippen molar-refractivity contribution in [3.63, 3.8) is 0 Å². The van der Waals surface area contributed by atoms with Gasteiger partial charge in [0, 0.05) is 6.42 Å². The first-order valence-electron chi connectivity index (χ1n) is 4.71. The van der Waals surface area contributed by atoms with Crippen molar-refractivity contribution in [2.75, 3.05) is 11.9 Å². The Bertz CT molecular complexity index is 314. The second-order valence-corrected chi connectivity index (χ2v) is 3.42. The Labute approximate surface area is 93.0 Å². The van der Waals surface area contributed by atoms with Crippen LogP contribution in [0.1, 0.15) is 19.3 Å². The van der Waals surface area contributed by atoms with Gasteiger partial charge in [0.2, 0.25) is 5.91 Å². The first-order valence-corrected chi connectivity index (χ1v) is 5.09. The number of carbonyl (C=O) groups excluding carboxylic acids is 1. The molecule has 15 heavy (non-hydrogen) atoms. The average molecular weight is 229 g/mol. The highest BCUT2D eigenvalue weighted by Gasteiger charge is 2.02. The van der Waals surface area contributed by atoms with Crippen molar-refractivity contribution in [2.24, 2.45) is 5.73 Å². The molecule has 1 aromatic rings. The Morgan fingerprint density at radius 2 is 2.20 bits per heavy atom. The van der Waals surface area contributed by atoms with E-state index < -0.39 is 0 Å². The lowest BCUT2D eigenvalue weighted by Crippen LogP contribution is -2.13. The normalized spacial score (nSPS) is 10.0. The quantitative estimate of drug-likeness (QED) is 0.742. The Hall–Kier alpha value is -1.20. The fourth-order valence-electron chi connectivity index (χ4n) is 1.02. The summed E-state index contributed by atoms with van der Waals surface area (Å²) >= 11 is 5.55. The van der Waals surface area contributed by atoms with Gasteiger partial charge in [-0.05, 0) is 31.5 Å². The molecule has 82 valence electrons. The summed E-state index contributed by atoms with van der Waals surface area (Å²) < 4.78 is 0. The molecule has 0 fully saturated rings. The highest BCUT2D eigenvalue weighted by atomic mass is 35.5. The average Bonchev–Trinajstić information content (AvgIpc) is 2.22. The van der Waals surface area contributed by atoms with E-state index >= 15 is 0 Å². The molecule has 0 aliphatic rings. The lowest BCUT2D eigenvalue weighted by molar-refractivity contribution is -0.116. The summed E-state index contributed by atoms with van der Waals surface area (Å²) in [6, 6.07) is 3.18. The molecular formula is C9H13ClN4O. The molecule has 0 radical (unpaired) electrons. The first kappa shape index (κ1) is 11.9. The lowest BCUT2D eigenvalue weighted by Gasteiger charge is -2.02. The maximum atomic E-state index is 11.3. The van der Waals surface area contributed by atoms with Crippen molar-refractivity contribution in [3.8, 4) is 0 Å². The van der Waals surface area contributed by atoms with Gasteiger partial charge in [0.25, 0.3) is 0 Å². The van der Waals surface area contributed by atoms with Gasteiger partial charge in [-0.25, -0.2) is 0 Å². The van der Waals surface area contributed by atoms with E-state index in [1.165, 1.54) is 0 Å². The van der Waals surface area contributed by atoms with Crippen LogP contribution in [-0.4, -0.2) is 22.6 Å². The van der Waals surface area contributed by atoms with Crippen LogP contribution in [0.4, 0.5) is 5.82 Å². The summed E-state index contributed by atoms with van der Waals surface area (Å²) in [6.07, 6.45) is 2.07. The van der Waals surface area contributed by atoms with Gasteiger partial charge in [0.05, 0.1) is 0 Å². The van der Waals surface area contributed by atoms with Crippen molar-refractivity contribution < 1.29 is 4.79 Å². The number of halogens is 1. The molecule has 3 N–H and O–H groups in total. The molecule has 1 rings (SSSR count). The van der Waals surface area contributed by atoms with E-state index in [2.05, 4.69) is 15.5 Å². The number of aromatic nitrogens is 2. The lowest BCUT2D eigenvalue weighted by atomic mass is 10.2. The van der Waals surface area contributed by atoms with Crippen molar-refractivity contribution in [2.45, 2.75) is 19.3 Å².